The molecule has 0 saturated carbocycles. The first-order valence-corrected chi connectivity index (χ1v) is 6.96. The van der Waals surface area contributed by atoms with E-state index in [4.69, 9.17) is 11.6 Å². The van der Waals surface area contributed by atoms with Crippen molar-refractivity contribution in [1.29, 1.82) is 0 Å². The molecule has 0 rings (SSSR count). The Morgan fingerprint density at radius 2 is 1.39 bits per heavy atom. The summed E-state index contributed by atoms with van der Waals surface area (Å²) in [5.74, 6) is 0. The number of hydrogen-bond acceptors (Lipinski definition) is 4. The van der Waals surface area contributed by atoms with Crippen LogP contribution in [-0.2, 0) is 9.63 Å². The van der Waals surface area contributed by atoms with Crippen LogP contribution in [0.4, 0.5) is 0 Å². The third-order valence-electron chi connectivity index (χ3n) is 2.71. The first kappa shape index (κ1) is 17.2. The lowest BCUT2D eigenvalue weighted by Crippen LogP contribution is -2.01. The highest BCUT2D eigenvalue weighted by Gasteiger charge is 1.97. The molecular formula is C12H22ClNO4. The van der Waals surface area contributed by atoms with Crippen molar-refractivity contribution in [2.24, 2.45) is 0 Å². The minimum atomic E-state index is -0.744. The van der Waals surface area contributed by atoms with Crippen LogP contribution in [0.5, 0.6) is 0 Å². The normalized spacial score (nSPS) is 10.3. The molecule has 6 heteroatoms. The standard InChI is InChI=1S/C12H22ClNO4/c13-12(15)10-8-6-4-2-1-3-5-7-9-11-18-14(16)17/h1-11H2. The fourth-order valence-corrected chi connectivity index (χ4v) is 1.88. The number of hydrogen-bond donors (Lipinski definition) is 0. The largest absolute Gasteiger partial charge is 0.314 e. The summed E-state index contributed by atoms with van der Waals surface area (Å²) in [5, 5.41) is 8.87. The van der Waals surface area contributed by atoms with Gasteiger partial charge in [0.15, 0.2) is 0 Å². The Labute approximate surface area is 113 Å². The van der Waals surface area contributed by atoms with Gasteiger partial charge < -0.3 is 4.84 Å². The van der Waals surface area contributed by atoms with Crippen LogP contribution in [0.2, 0.25) is 0 Å². The van der Waals surface area contributed by atoms with Crippen molar-refractivity contribution in [3.63, 3.8) is 0 Å². The summed E-state index contributed by atoms with van der Waals surface area (Å²) < 4.78 is 0. The zero-order valence-corrected chi connectivity index (χ0v) is 11.5. The molecule has 106 valence electrons. The minimum absolute atomic E-state index is 0.208. The molecule has 0 aromatic heterocycles. The van der Waals surface area contributed by atoms with Crippen molar-refractivity contribution in [3.05, 3.63) is 10.1 Å². The average Bonchev–Trinajstić information content (AvgIpc) is 2.29. The van der Waals surface area contributed by atoms with Crippen LogP contribution < -0.4 is 0 Å². The second-order valence-electron chi connectivity index (χ2n) is 4.34. The van der Waals surface area contributed by atoms with Crippen LogP contribution in [0.3, 0.4) is 0 Å². The van der Waals surface area contributed by atoms with Gasteiger partial charge >= 0.3 is 0 Å². The van der Waals surface area contributed by atoms with Crippen LogP contribution in [0.25, 0.3) is 0 Å². The maximum atomic E-state index is 10.5. The topological polar surface area (TPSA) is 69.4 Å². The van der Waals surface area contributed by atoms with Gasteiger partial charge in [0.1, 0.15) is 0 Å². The lowest BCUT2D eigenvalue weighted by Gasteiger charge is -2.02. The van der Waals surface area contributed by atoms with E-state index in [-0.39, 0.29) is 11.8 Å². The van der Waals surface area contributed by atoms with E-state index in [0.717, 1.165) is 44.9 Å². The van der Waals surface area contributed by atoms with E-state index in [1.54, 1.807) is 0 Å². The quantitative estimate of drug-likeness (QED) is 0.222. The predicted molar refractivity (Wildman–Crippen MR) is 70.0 cm³/mol. The maximum absolute atomic E-state index is 10.5. The van der Waals surface area contributed by atoms with Gasteiger partial charge in [-0.05, 0) is 24.4 Å². The molecule has 0 N–H and O–H groups in total. The zero-order chi connectivity index (χ0) is 13.6. The number of carbonyl (C=O) groups is 1. The lowest BCUT2D eigenvalue weighted by atomic mass is 10.1. The summed E-state index contributed by atoms with van der Waals surface area (Å²) >= 11 is 5.23. The fourth-order valence-electron chi connectivity index (χ4n) is 1.74. The molecule has 0 aliphatic heterocycles. The van der Waals surface area contributed by atoms with E-state index in [1.807, 2.05) is 0 Å². The molecule has 0 saturated heterocycles. The fraction of sp³-hybridized carbons (Fsp3) is 0.917. The molecule has 0 aromatic carbocycles. The van der Waals surface area contributed by atoms with Crippen molar-refractivity contribution < 1.29 is 14.7 Å². The van der Waals surface area contributed by atoms with Crippen molar-refractivity contribution in [2.45, 2.75) is 64.2 Å². The number of carbonyl (C=O) groups excluding carboxylic acids is 1. The van der Waals surface area contributed by atoms with Crippen LogP contribution in [0.1, 0.15) is 64.2 Å². The van der Waals surface area contributed by atoms with Crippen molar-refractivity contribution in [2.75, 3.05) is 6.61 Å². The molecule has 0 aliphatic rings. The molecule has 0 aromatic rings. The summed E-state index contributed by atoms with van der Waals surface area (Å²) in [4.78, 5) is 24.5. The van der Waals surface area contributed by atoms with E-state index >= 15 is 0 Å². The third kappa shape index (κ3) is 15.2. The van der Waals surface area contributed by atoms with Gasteiger partial charge in [-0.3, -0.25) is 4.79 Å². The highest BCUT2D eigenvalue weighted by Crippen LogP contribution is 2.11. The molecule has 0 bridgehead atoms. The SMILES string of the molecule is O=C(Cl)CCCCCCCCCCCO[N+](=O)[O-]. The molecule has 0 heterocycles. The highest BCUT2D eigenvalue weighted by molar-refractivity contribution is 6.63. The molecule has 0 atom stereocenters. The van der Waals surface area contributed by atoms with Crippen LogP contribution in [0, 0.1) is 10.1 Å². The first-order valence-electron chi connectivity index (χ1n) is 6.58. The Bertz CT molecular complexity index is 212. The third-order valence-corrected chi connectivity index (χ3v) is 2.90. The number of nitrogens with zero attached hydrogens (tertiary/aromatic N) is 1. The molecule has 0 fully saturated rings. The Morgan fingerprint density at radius 3 is 1.83 bits per heavy atom. The van der Waals surface area contributed by atoms with E-state index in [1.165, 1.54) is 12.8 Å². The van der Waals surface area contributed by atoms with Crippen LogP contribution in [0.15, 0.2) is 0 Å². The molecule has 5 nitrogen and oxygen atoms in total. The summed E-state index contributed by atoms with van der Waals surface area (Å²) in [6.45, 7) is 0.208. The Balaban J connectivity index is 2.99. The number of halogens is 1. The van der Waals surface area contributed by atoms with Gasteiger partial charge in [-0.1, -0.05) is 44.9 Å². The number of rotatable bonds is 13. The van der Waals surface area contributed by atoms with Gasteiger partial charge in [0, 0.05) is 6.42 Å². The molecule has 0 amide bonds. The Kier molecular flexibility index (Phi) is 12.0. The van der Waals surface area contributed by atoms with Crippen molar-refractivity contribution >= 4 is 16.8 Å². The predicted octanol–water partition coefficient (Wildman–Crippen LogP) is 3.86. The van der Waals surface area contributed by atoms with Crippen LogP contribution in [-0.4, -0.2) is 16.9 Å². The monoisotopic (exact) mass is 279 g/mol. The Morgan fingerprint density at radius 1 is 0.944 bits per heavy atom. The van der Waals surface area contributed by atoms with Gasteiger partial charge in [0.05, 0.1) is 6.61 Å². The molecule has 0 spiro atoms. The van der Waals surface area contributed by atoms with E-state index in [0.29, 0.717) is 6.42 Å². The van der Waals surface area contributed by atoms with E-state index in [9.17, 15) is 14.9 Å². The highest BCUT2D eigenvalue weighted by atomic mass is 35.5. The second kappa shape index (κ2) is 12.6. The minimum Gasteiger partial charge on any atom is -0.314 e. The summed E-state index contributed by atoms with van der Waals surface area (Å²) in [5.41, 5.74) is 0. The van der Waals surface area contributed by atoms with Gasteiger partial charge in [0.25, 0.3) is 5.09 Å². The van der Waals surface area contributed by atoms with E-state index in [2.05, 4.69) is 4.84 Å². The van der Waals surface area contributed by atoms with Crippen LogP contribution >= 0.6 is 11.6 Å². The first-order chi connectivity index (χ1) is 8.63. The smallest absolute Gasteiger partial charge is 0.294 e. The second-order valence-corrected chi connectivity index (χ2v) is 4.77. The molecule has 18 heavy (non-hydrogen) atoms. The van der Waals surface area contributed by atoms with E-state index < -0.39 is 5.09 Å². The average molecular weight is 280 g/mol. The molecule has 0 aliphatic carbocycles. The summed E-state index contributed by atoms with van der Waals surface area (Å²) in [6.07, 6.45) is 9.94. The molecule has 0 radical (unpaired) electrons. The van der Waals surface area contributed by atoms with Crippen molar-refractivity contribution in [1.82, 2.24) is 0 Å². The van der Waals surface area contributed by atoms with Gasteiger partial charge in [-0.25, -0.2) is 0 Å². The van der Waals surface area contributed by atoms with Gasteiger partial charge in [-0.2, -0.15) is 0 Å². The molecular weight excluding hydrogens is 258 g/mol. The molecule has 0 unspecified atom stereocenters. The van der Waals surface area contributed by atoms with Gasteiger partial charge in [-0.15, -0.1) is 10.1 Å². The summed E-state index contributed by atoms with van der Waals surface area (Å²) in [7, 11) is 0. The lowest BCUT2D eigenvalue weighted by molar-refractivity contribution is -0.757. The zero-order valence-electron chi connectivity index (χ0n) is 10.7. The summed E-state index contributed by atoms with van der Waals surface area (Å²) in [6, 6.07) is 0. The van der Waals surface area contributed by atoms with Crippen molar-refractivity contribution in [3.8, 4) is 0 Å². The maximum Gasteiger partial charge on any atom is 0.294 e. The number of unbranched alkanes of at least 4 members (excludes halogenated alkanes) is 8. The van der Waals surface area contributed by atoms with Gasteiger partial charge in [0.2, 0.25) is 5.24 Å². The Hall–Kier alpha value is -0.840.